The quantitative estimate of drug-likeness (QED) is 0.129. The number of aromatic nitrogens is 2. The van der Waals surface area contributed by atoms with Crippen molar-refractivity contribution in [2.24, 2.45) is 5.41 Å². The number of para-hydroxylation sites is 1. The first-order valence-corrected chi connectivity index (χ1v) is 18.8. The van der Waals surface area contributed by atoms with E-state index < -0.39 is 8.07 Å². The first kappa shape index (κ1) is 34.4. The van der Waals surface area contributed by atoms with Gasteiger partial charge in [0.15, 0.2) is 11.4 Å². The van der Waals surface area contributed by atoms with Crippen LogP contribution in [0.2, 0.25) is 19.6 Å². The Kier molecular flexibility index (Phi) is 10.6. The predicted octanol–water partition coefficient (Wildman–Crippen LogP) is 10.4. The number of pyridine rings is 2. The van der Waals surface area contributed by atoms with Crippen LogP contribution in [0.15, 0.2) is 89.6 Å². The predicted molar refractivity (Wildman–Crippen MR) is 184 cm³/mol. The second-order valence-electron chi connectivity index (χ2n) is 13.9. The molecule has 3 aromatic heterocycles. The van der Waals surface area contributed by atoms with Gasteiger partial charge in [-0.25, -0.2) is 4.39 Å². The van der Waals surface area contributed by atoms with E-state index in [0.29, 0.717) is 11.5 Å². The van der Waals surface area contributed by atoms with E-state index >= 15 is 0 Å². The Morgan fingerprint density at radius 3 is 2.27 bits per heavy atom. The summed E-state index contributed by atoms with van der Waals surface area (Å²) in [4.78, 5) is 9.16. The molecule has 0 aliphatic heterocycles. The Hall–Kier alpha value is -3.44. The Morgan fingerprint density at radius 2 is 1.60 bits per heavy atom. The molecule has 0 saturated carbocycles. The Balaban J connectivity index is 0.000000201. The van der Waals surface area contributed by atoms with Gasteiger partial charge in [0.2, 0.25) is 0 Å². The molecule has 45 heavy (non-hydrogen) atoms. The van der Waals surface area contributed by atoms with Gasteiger partial charge in [-0.15, -0.1) is 54.1 Å². The molecule has 6 aromatic rings. The summed E-state index contributed by atoms with van der Waals surface area (Å²) in [6, 6.07) is 29.6. The normalized spacial score (nSPS) is 11.8. The summed E-state index contributed by atoms with van der Waals surface area (Å²) in [5, 5.41) is 3.14. The number of rotatable bonds is 5. The molecule has 3 nitrogen and oxygen atoms in total. The number of furan rings is 1. The second kappa shape index (κ2) is 13.9. The van der Waals surface area contributed by atoms with Crippen LogP contribution in [0.5, 0.6) is 0 Å². The average molecular weight is 793 g/mol. The van der Waals surface area contributed by atoms with Crippen molar-refractivity contribution >= 4 is 35.2 Å². The molecule has 6 heteroatoms. The molecule has 3 aromatic carbocycles. The molecule has 0 bridgehead atoms. The average Bonchev–Trinajstić information content (AvgIpc) is 3.37. The smallest absolute Gasteiger partial charge is 0.165 e. The van der Waals surface area contributed by atoms with Crippen LogP contribution in [0.3, 0.4) is 0 Å². The van der Waals surface area contributed by atoms with Crippen LogP contribution >= 0.6 is 0 Å². The fraction of sp³-hybridized carbons (Fsp3) is 0.282. The van der Waals surface area contributed by atoms with Gasteiger partial charge in [-0.3, -0.25) is 0 Å². The summed E-state index contributed by atoms with van der Waals surface area (Å²) < 4.78 is 19.8. The molecule has 0 fully saturated rings. The summed E-state index contributed by atoms with van der Waals surface area (Å²) in [5.41, 5.74) is 7.53. The summed E-state index contributed by atoms with van der Waals surface area (Å²) in [6.45, 7) is 18.4. The summed E-state index contributed by atoms with van der Waals surface area (Å²) in [5.74, 6) is 0.0533. The van der Waals surface area contributed by atoms with E-state index in [-0.39, 0.29) is 36.9 Å². The molecule has 235 valence electrons. The van der Waals surface area contributed by atoms with Crippen molar-refractivity contribution in [2.75, 3.05) is 0 Å². The minimum absolute atomic E-state index is 0. The van der Waals surface area contributed by atoms with Gasteiger partial charge in [0.1, 0.15) is 0 Å². The molecular formula is C39H41FIrN2OSi-2. The van der Waals surface area contributed by atoms with E-state index in [4.69, 9.17) is 9.40 Å². The van der Waals surface area contributed by atoms with E-state index in [2.05, 4.69) is 89.7 Å². The maximum absolute atomic E-state index is 14.0. The van der Waals surface area contributed by atoms with Gasteiger partial charge >= 0.3 is 0 Å². The Morgan fingerprint density at radius 1 is 0.844 bits per heavy atom. The molecule has 0 aliphatic carbocycles. The molecule has 0 atom stereocenters. The standard InChI is InChI=1S/C20H15FNO.C19H26NSi.Ir/c1-12(2)13-9-10-22-18(11-13)16-7-3-5-14-15-6-4-8-17(21)20(15)23-19(14)16;1-19(2,3)13-16-12-17(15-10-8-7-9-11-15)20-14-18(16)21(4,5)6;/h3-6,8-12H,1-2H3;7-10,12,14H,13H2,1-6H3;/q2*-1;. The number of hydrogen-bond acceptors (Lipinski definition) is 3. The van der Waals surface area contributed by atoms with Gasteiger partial charge in [-0.1, -0.05) is 101 Å². The molecular weight excluding hydrogens is 752 g/mol. The fourth-order valence-corrected chi connectivity index (χ4v) is 7.03. The zero-order valence-electron chi connectivity index (χ0n) is 27.4. The van der Waals surface area contributed by atoms with Crippen LogP contribution in [-0.2, 0) is 26.5 Å². The van der Waals surface area contributed by atoms with Crippen LogP contribution in [0, 0.1) is 23.4 Å². The zero-order valence-corrected chi connectivity index (χ0v) is 30.8. The summed E-state index contributed by atoms with van der Waals surface area (Å²) in [7, 11) is -1.37. The molecule has 0 saturated heterocycles. The van der Waals surface area contributed by atoms with Crippen molar-refractivity contribution in [3.8, 4) is 22.5 Å². The van der Waals surface area contributed by atoms with Gasteiger partial charge < -0.3 is 14.4 Å². The van der Waals surface area contributed by atoms with Crippen LogP contribution < -0.4 is 5.19 Å². The number of benzene rings is 3. The van der Waals surface area contributed by atoms with Crippen LogP contribution in [0.4, 0.5) is 4.39 Å². The van der Waals surface area contributed by atoms with Crippen molar-refractivity contribution in [1.82, 2.24) is 9.97 Å². The third-order valence-corrected chi connectivity index (χ3v) is 9.69. The van der Waals surface area contributed by atoms with E-state index in [1.54, 1.807) is 12.3 Å². The van der Waals surface area contributed by atoms with Crippen molar-refractivity contribution in [3.05, 3.63) is 114 Å². The van der Waals surface area contributed by atoms with Crippen molar-refractivity contribution in [2.45, 2.75) is 66.6 Å². The van der Waals surface area contributed by atoms with Crippen molar-refractivity contribution < 1.29 is 28.9 Å². The SMILES string of the molecule is CC(C)(C)Cc1cc(-c2[c-]cccc2)ncc1[Si](C)(C)C.CC(C)c1ccnc(-c2[c-]ccc3c2oc2c(F)cccc23)c1.[Ir]. The minimum atomic E-state index is -1.37. The third kappa shape index (κ3) is 8.05. The maximum Gasteiger partial charge on any atom is 0.165 e. The Bertz CT molecular complexity index is 1900. The monoisotopic (exact) mass is 793 g/mol. The van der Waals surface area contributed by atoms with Crippen LogP contribution in [0.1, 0.15) is 51.7 Å². The fourth-order valence-electron chi connectivity index (χ4n) is 5.45. The molecule has 6 rings (SSSR count). The molecule has 0 amide bonds. The molecule has 0 spiro atoms. The Labute approximate surface area is 281 Å². The largest absolute Gasteiger partial charge is 0.498 e. The number of hydrogen-bond donors (Lipinski definition) is 0. The second-order valence-corrected chi connectivity index (χ2v) is 19.0. The van der Waals surface area contributed by atoms with Gasteiger partial charge in [-0.2, -0.15) is 0 Å². The van der Waals surface area contributed by atoms with Crippen molar-refractivity contribution in [1.29, 1.82) is 0 Å². The van der Waals surface area contributed by atoms with Crippen LogP contribution in [0.25, 0.3) is 44.5 Å². The summed E-state index contributed by atoms with van der Waals surface area (Å²) >= 11 is 0. The van der Waals surface area contributed by atoms with E-state index in [9.17, 15) is 4.39 Å². The third-order valence-electron chi connectivity index (χ3n) is 7.62. The molecule has 0 N–H and O–H groups in total. The van der Waals surface area contributed by atoms with E-state index in [1.165, 1.54) is 22.4 Å². The molecule has 1 radical (unpaired) electrons. The van der Waals surface area contributed by atoms with Gasteiger partial charge in [0.05, 0.1) is 13.7 Å². The van der Waals surface area contributed by atoms with Gasteiger partial charge in [0, 0.05) is 37.9 Å². The van der Waals surface area contributed by atoms with Gasteiger partial charge in [0.25, 0.3) is 0 Å². The number of halogens is 1. The molecule has 3 heterocycles. The zero-order chi connectivity index (χ0) is 31.6. The van der Waals surface area contributed by atoms with E-state index in [1.807, 2.05) is 48.5 Å². The first-order chi connectivity index (χ1) is 20.8. The number of nitrogens with zero attached hydrogens (tertiary/aromatic N) is 2. The van der Waals surface area contributed by atoms with Crippen LogP contribution in [-0.4, -0.2) is 18.0 Å². The maximum atomic E-state index is 14.0. The summed E-state index contributed by atoms with van der Waals surface area (Å²) in [6.07, 6.45) is 5.00. The van der Waals surface area contributed by atoms with Gasteiger partial charge in [-0.05, 0) is 46.5 Å². The minimum Gasteiger partial charge on any atom is -0.498 e. The van der Waals surface area contributed by atoms with Crippen molar-refractivity contribution in [3.63, 3.8) is 0 Å². The molecule has 0 unspecified atom stereocenters. The topological polar surface area (TPSA) is 38.9 Å². The number of fused-ring (bicyclic) bond motifs is 3. The molecule has 0 aliphatic rings. The first-order valence-electron chi connectivity index (χ1n) is 15.3. The van der Waals surface area contributed by atoms with E-state index in [0.717, 1.165) is 39.7 Å².